The van der Waals surface area contributed by atoms with Crippen LogP contribution in [0.15, 0.2) is 36.5 Å². The van der Waals surface area contributed by atoms with Crippen molar-refractivity contribution in [1.82, 2.24) is 9.88 Å². The number of non-ortho nitro benzene ring substituents is 1. The van der Waals surface area contributed by atoms with Crippen LogP contribution in [0.4, 0.5) is 17.2 Å². The summed E-state index contributed by atoms with van der Waals surface area (Å²) in [6.07, 6.45) is 1.15. The molecule has 0 unspecified atom stereocenters. The van der Waals surface area contributed by atoms with Crippen LogP contribution in [0.1, 0.15) is 10.4 Å². The van der Waals surface area contributed by atoms with Gasteiger partial charge in [-0.3, -0.25) is 25.0 Å². The summed E-state index contributed by atoms with van der Waals surface area (Å²) in [5.74, 6) is 0.219. The van der Waals surface area contributed by atoms with Gasteiger partial charge in [0.25, 0.3) is 17.3 Å². The average Bonchev–Trinajstić information content (AvgIpc) is 2.67. The summed E-state index contributed by atoms with van der Waals surface area (Å²) in [5, 5.41) is 21.6. The highest BCUT2D eigenvalue weighted by Gasteiger charge is 2.25. The maximum Gasteiger partial charge on any atom is 0.289 e. The highest BCUT2D eigenvalue weighted by Crippen LogP contribution is 2.28. The van der Waals surface area contributed by atoms with E-state index in [0.29, 0.717) is 37.6 Å². The Balaban J connectivity index is 1.65. The second kappa shape index (κ2) is 7.54. The molecule has 1 aromatic heterocycles. The lowest BCUT2D eigenvalue weighted by Crippen LogP contribution is -2.49. The molecule has 3 rings (SSSR count). The zero-order chi connectivity index (χ0) is 19.6. The summed E-state index contributed by atoms with van der Waals surface area (Å²) in [7, 11) is 0. The lowest BCUT2D eigenvalue weighted by molar-refractivity contribution is -0.385. The summed E-state index contributed by atoms with van der Waals surface area (Å²) < 4.78 is 0. The fourth-order valence-corrected chi connectivity index (χ4v) is 3.06. The molecule has 140 valence electrons. The van der Waals surface area contributed by atoms with Gasteiger partial charge in [0, 0.05) is 49.9 Å². The van der Waals surface area contributed by atoms with Crippen LogP contribution in [0.3, 0.4) is 0 Å². The zero-order valence-corrected chi connectivity index (χ0v) is 14.7. The number of nitro benzene ring substituents is 1. The molecule has 1 aromatic carbocycles. The predicted octanol–water partition coefficient (Wildman–Crippen LogP) is 2.51. The van der Waals surface area contributed by atoms with Gasteiger partial charge in [0.05, 0.1) is 14.9 Å². The largest absolute Gasteiger partial charge is 0.352 e. The van der Waals surface area contributed by atoms with Crippen molar-refractivity contribution in [1.29, 1.82) is 0 Å². The van der Waals surface area contributed by atoms with Gasteiger partial charge in [-0.15, -0.1) is 0 Å². The molecule has 0 atom stereocenters. The first-order valence-electron chi connectivity index (χ1n) is 7.95. The Kier molecular flexibility index (Phi) is 5.17. The lowest BCUT2D eigenvalue weighted by Gasteiger charge is -2.35. The molecule has 0 saturated carbocycles. The molecule has 2 heterocycles. The maximum atomic E-state index is 12.5. The number of nitro groups is 2. The van der Waals surface area contributed by atoms with E-state index in [-0.39, 0.29) is 22.3 Å². The molecule has 1 fully saturated rings. The summed E-state index contributed by atoms with van der Waals surface area (Å²) >= 11 is 6.10. The molecule has 1 aliphatic heterocycles. The van der Waals surface area contributed by atoms with E-state index in [4.69, 9.17) is 11.6 Å². The van der Waals surface area contributed by atoms with E-state index >= 15 is 0 Å². The quantitative estimate of drug-likeness (QED) is 0.579. The summed E-state index contributed by atoms with van der Waals surface area (Å²) in [4.78, 5) is 40.5. The van der Waals surface area contributed by atoms with Crippen LogP contribution in [0.5, 0.6) is 0 Å². The van der Waals surface area contributed by atoms with Crippen molar-refractivity contribution in [3.63, 3.8) is 0 Å². The number of carbonyl (C=O) groups excluding carboxylic acids is 1. The number of benzene rings is 1. The minimum atomic E-state index is -0.566. The summed E-state index contributed by atoms with van der Waals surface area (Å²) in [6, 6.07) is 6.70. The smallest absolute Gasteiger partial charge is 0.289 e. The number of nitrogens with zero attached hydrogens (tertiary/aromatic N) is 5. The van der Waals surface area contributed by atoms with Gasteiger partial charge in [0.2, 0.25) is 0 Å². The number of aromatic nitrogens is 1. The van der Waals surface area contributed by atoms with Crippen LogP contribution in [-0.4, -0.2) is 51.8 Å². The van der Waals surface area contributed by atoms with Crippen LogP contribution < -0.4 is 4.90 Å². The number of piperazine rings is 1. The van der Waals surface area contributed by atoms with Crippen LogP contribution in [-0.2, 0) is 0 Å². The minimum Gasteiger partial charge on any atom is -0.352 e. The molecule has 0 bridgehead atoms. The van der Waals surface area contributed by atoms with Crippen LogP contribution in [0.25, 0.3) is 0 Å². The highest BCUT2D eigenvalue weighted by atomic mass is 35.5. The fourth-order valence-electron chi connectivity index (χ4n) is 2.78. The molecule has 1 saturated heterocycles. The van der Waals surface area contributed by atoms with Gasteiger partial charge in [-0.1, -0.05) is 11.6 Å². The molecule has 1 amide bonds. The number of hydrogen-bond acceptors (Lipinski definition) is 7. The Morgan fingerprint density at radius 2 is 1.59 bits per heavy atom. The van der Waals surface area contributed by atoms with Crippen molar-refractivity contribution in [3.8, 4) is 0 Å². The second-order valence-electron chi connectivity index (χ2n) is 5.84. The number of hydrogen-bond donors (Lipinski definition) is 0. The number of pyridine rings is 1. The van der Waals surface area contributed by atoms with E-state index in [1.165, 1.54) is 30.3 Å². The van der Waals surface area contributed by atoms with Crippen LogP contribution in [0.2, 0.25) is 5.02 Å². The number of carbonyl (C=O) groups is 1. The van der Waals surface area contributed by atoms with Gasteiger partial charge in [-0.25, -0.2) is 4.98 Å². The van der Waals surface area contributed by atoms with Gasteiger partial charge >= 0.3 is 0 Å². The van der Waals surface area contributed by atoms with Gasteiger partial charge in [-0.2, -0.15) is 0 Å². The SMILES string of the molecule is O=C(c1ccc([N+](=O)[O-])cc1)N1CCN(c2ncc([N+](=O)[O-])cc2Cl)CC1. The Labute approximate surface area is 158 Å². The first-order valence-corrected chi connectivity index (χ1v) is 8.33. The molecular formula is C16H14ClN5O5. The third kappa shape index (κ3) is 3.95. The van der Waals surface area contributed by atoms with E-state index < -0.39 is 9.85 Å². The first kappa shape index (κ1) is 18.5. The third-order valence-electron chi connectivity index (χ3n) is 4.21. The Bertz CT molecular complexity index is 897. The highest BCUT2D eigenvalue weighted by molar-refractivity contribution is 6.33. The van der Waals surface area contributed by atoms with E-state index in [1.807, 2.05) is 4.90 Å². The normalized spacial score (nSPS) is 14.1. The van der Waals surface area contributed by atoms with Gasteiger partial charge < -0.3 is 9.80 Å². The second-order valence-corrected chi connectivity index (χ2v) is 6.25. The Hall–Kier alpha value is -3.27. The molecule has 0 spiro atoms. The Morgan fingerprint density at radius 1 is 1.00 bits per heavy atom. The molecule has 10 nitrogen and oxygen atoms in total. The Morgan fingerprint density at radius 3 is 2.11 bits per heavy atom. The van der Waals surface area contributed by atoms with Crippen LogP contribution >= 0.6 is 11.6 Å². The molecule has 2 aromatic rings. The van der Waals surface area contributed by atoms with Crippen molar-refractivity contribution in [2.75, 3.05) is 31.1 Å². The van der Waals surface area contributed by atoms with Crippen molar-refractivity contribution < 1.29 is 14.6 Å². The molecule has 0 N–H and O–H groups in total. The molecule has 11 heteroatoms. The van der Waals surface area contributed by atoms with Crippen molar-refractivity contribution >= 4 is 34.7 Å². The lowest BCUT2D eigenvalue weighted by atomic mass is 10.1. The standard InChI is InChI=1S/C16H14ClN5O5/c17-14-9-13(22(26)27)10-18-15(14)19-5-7-20(8-6-19)16(23)11-1-3-12(4-2-11)21(24)25/h1-4,9-10H,5-8H2. The zero-order valence-electron chi connectivity index (χ0n) is 13.9. The number of amides is 1. The number of halogens is 1. The van der Waals surface area contributed by atoms with Crippen LogP contribution in [0, 0.1) is 20.2 Å². The number of rotatable bonds is 4. The third-order valence-corrected chi connectivity index (χ3v) is 4.49. The van der Waals surface area contributed by atoms with E-state index in [0.717, 1.165) is 6.20 Å². The predicted molar refractivity (Wildman–Crippen MR) is 97.1 cm³/mol. The van der Waals surface area contributed by atoms with E-state index in [1.54, 1.807) is 4.90 Å². The monoisotopic (exact) mass is 391 g/mol. The minimum absolute atomic E-state index is 0.0738. The van der Waals surface area contributed by atoms with Crippen molar-refractivity contribution in [2.24, 2.45) is 0 Å². The first-order chi connectivity index (χ1) is 12.9. The summed E-state index contributed by atoms with van der Waals surface area (Å²) in [5.41, 5.74) is 0.117. The number of anilines is 1. The molecular weight excluding hydrogens is 378 g/mol. The van der Waals surface area contributed by atoms with Crippen molar-refractivity contribution in [2.45, 2.75) is 0 Å². The van der Waals surface area contributed by atoms with Gasteiger partial charge in [0.15, 0.2) is 0 Å². The molecule has 27 heavy (non-hydrogen) atoms. The molecule has 0 aliphatic carbocycles. The van der Waals surface area contributed by atoms with Gasteiger partial charge in [-0.05, 0) is 12.1 Å². The van der Waals surface area contributed by atoms with Crippen molar-refractivity contribution in [3.05, 3.63) is 67.3 Å². The fraction of sp³-hybridized carbons (Fsp3) is 0.250. The van der Waals surface area contributed by atoms with E-state index in [2.05, 4.69) is 4.98 Å². The topological polar surface area (TPSA) is 123 Å². The molecule has 0 radical (unpaired) electrons. The summed E-state index contributed by atoms with van der Waals surface area (Å²) in [6.45, 7) is 1.74. The van der Waals surface area contributed by atoms with E-state index in [9.17, 15) is 25.0 Å². The average molecular weight is 392 g/mol. The molecule has 1 aliphatic rings. The van der Waals surface area contributed by atoms with Gasteiger partial charge in [0.1, 0.15) is 12.0 Å². The maximum absolute atomic E-state index is 12.5.